The van der Waals surface area contributed by atoms with Crippen LogP contribution in [0, 0.1) is 0 Å². The molecule has 0 unspecified atom stereocenters. The van der Waals surface area contributed by atoms with Gasteiger partial charge in [-0.1, -0.05) is 35.3 Å². The second-order valence-corrected chi connectivity index (χ2v) is 18.5. The number of hydrogen-bond acceptors (Lipinski definition) is 12. The first-order chi connectivity index (χ1) is 28.0. The molecule has 2 aromatic heterocycles. The molecule has 0 bridgehead atoms. The molecule has 60 heavy (non-hydrogen) atoms. The molecule has 2 aromatic carbocycles. The lowest BCUT2D eigenvalue weighted by molar-refractivity contribution is 0.0591. The minimum absolute atomic E-state index is 0. The van der Waals surface area contributed by atoms with E-state index >= 15 is 0 Å². The van der Waals surface area contributed by atoms with Crippen molar-refractivity contribution in [1.29, 1.82) is 0 Å². The number of nitrogens with zero attached hydrogens (tertiary/aromatic N) is 7. The number of likely N-dealkylation sites (N-methyl/N-ethyl adjacent to an activating group) is 1. The summed E-state index contributed by atoms with van der Waals surface area (Å²) in [7, 11) is -3.09. The van der Waals surface area contributed by atoms with Crippen LogP contribution in [0.15, 0.2) is 85.2 Å². The molecule has 2 aliphatic heterocycles. The van der Waals surface area contributed by atoms with Crippen LogP contribution in [0.25, 0.3) is 0 Å². The molecule has 2 atom stereocenters. The minimum Gasteiger partial charge on any atom is -0.465 e. The van der Waals surface area contributed by atoms with Gasteiger partial charge in [0.25, 0.3) is 0 Å². The Morgan fingerprint density at radius 1 is 0.733 bits per heavy atom. The van der Waals surface area contributed by atoms with Crippen molar-refractivity contribution in [3.63, 3.8) is 0 Å². The SMILES string of the molecule is COC(=O)c1ccc(CN(c2cccc(Cl)c2)S(=O)(=O)N2CCN(C)[C@H](C)C2)nc1.COC(=O)c1ccc(CN(c2cccc(Cl)c2)S(=O)(=O)N2CCN[C@H](C)C2)nc1.Cl. The summed E-state index contributed by atoms with van der Waals surface area (Å²) in [4.78, 5) is 33.9. The zero-order valence-corrected chi connectivity index (χ0v) is 37.7. The third kappa shape index (κ3) is 12.3. The van der Waals surface area contributed by atoms with Crippen LogP contribution in [-0.2, 0) is 43.0 Å². The Hall–Kier alpha value is -4.11. The van der Waals surface area contributed by atoms with E-state index in [0.29, 0.717) is 83.2 Å². The quantitative estimate of drug-likeness (QED) is 0.191. The van der Waals surface area contributed by atoms with Crippen LogP contribution in [0.2, 0.25) is 10.0 Å². The van der Waals surface area contributed by atoms with Gasteiger partial charge in [0.15, 0.2) is 0 Å². The van der Waals surface area contributed by atoms with Crippen molar-refractivity contribution in [1.82, 2.24) is 28.8 Å². The van der Waals surface area contributed by atoms with Crippen molar-refractivity contribution >= 4 is 79.3 Å². The maximum Gasteiger partial charge on any atom is 0.339 e. The Morgan fingerprint density at radius 3 is 1.58 bits per heavy atom. The van der Waals surface area contributed by atoms with Crippen molar-refractivity contribution in [2.24, 2.45) is 0 Å². The van der Waals surface area contributed by atoms with Crippen LogP contribution >= 0.6 is 35.6 Å². The van der Waals surface area contributed by atoms with Gasteiger partial charge in [0.05, 0.1) is 61.2 Å². The highest BCUT2D eigenvalue weighted by atomic mass is 35.5. The van der Waals surface area contributed by atoms with Crippen LogP contribution in [-0.4, -0.2) is 125 Å². The highest BCUT2D eigenvalue weighted by Crippen LogP contribution is 2.28. The summed E-state index contributed by atoms with van der Waals surface area (Å²) in [6.07, 6.45) is 2.75. The van der Waals surface area contributed by atoms with Gasteiger partial charge in [-0.2, -0.15) is 25.4 Å². The molecule has 0 amide bonds. The molecule has 0 aliphatic carbocycles. The van der Waals surface area contributed by atoms with Crippen molar-refractivity contribution < 1.29 is 35.9 Å². The van der Waals surface area contributed by atoms with E-state index in [4.69, 9.17) is 23.2 Å². The normalized spacial score (nSPS) is 17.6. The van der Waals surface area contributed by atoms with Crippen LogP contribution in [0.4, 0.5) is 11.4 Å². The van der Waals surface area contributed by atoms with Crippen molar-refractivity contribution in [2.45, 2.75) is 39.0 Å². The molecule has 4 heterocycles. The molecule has 16 nitrogen and oxygen atoms in total. The number of aromatic nitrogens is 2. The van der Waals surface area contributed by atoms with Gasteiger partial charge in [-0.25, -0.2) is 9.59 Å². The van der Waals surface area contributed by atoms with Crippen LogP contribution in [0.3, 0.4) is 0 Å². The largest absolute Gasteiger partial charge is 0.465 e. The van der Waals surface area contributed by atoms with E-state index in [-0.39, 0.29) is 37.6 Å². The topological polar surface area (TPSA) is 175 Å². The predicted octanol–water partition coefficient (Wildman–Crippen LogP) is 4.90. The molecule has 2 fully saturated rings. The molecular formula is C39H49Cl3N8O8S2. The Bertz CT molecular complexity index is 2300. The molecule has 2 saturated heterocycles. The highest BCUT2D eigenvalue weighted by Gasteiger charge is 2.36. The number of anilines is 2. The number of piperazine rings is 2. The molecule has 2 aliphatic rings. The van der Waals surface area contributed by atoms with E-state index < -0.39 is 32.4 Å². The number of nitrogens with one attached hydrogen (secondary N) is 1. The number of carbonyl (C=O) groups excluding carboxylic acids is 2. The number of rotatable bonds is 12. The van der Waals surface area contributed by atoms with E-state index in [9.17, 15) is 26.4 Å². The minimum atomic E-state index is -3.83. The Labute approximate surface area is 368 Å². The molecule has 4 aromatic rings. The fourth-order valence-electron chi connectivity index (χ4n) is 6.29. The predicted molar refractivity (Wildman–Crippen MR) is 234 cm³/mol. The first kappa shape index (κ1) is 48.6. The van der Waals surface area contributed by atoms with Crippen molar-refractivity contribution in [3.8, 4) is 0 Å². The highest BCUT2D eigenvalue weighted by molar-refractivity contribution is 7.90. The molecule has 6 rings (SSSR count). The van der Waals surface area contributed by atoms with Crippen LogP contribution in [0.5, 0.6) is 0 Å². The number of pyridine rings is 2. The van der Waals surface area contributed by atoms with Gasteiger partial charge in [0, 0.05) is 73.8 Å². The van der Waals surface area contributed by atoms with Gasteiger partial charge in [0.1, 0.15) is 0 Å². The monoisotopic (exact) mass is 926 g/mol. The van der Waals surface area contributed by atoms with Crippen molar-refractivity contribution in [3.05, 3.63) is 118 Å². The lowest BCUT2D eigenvalue weighted by atomic mass is 10.2. The summed E-state index contributed by atoms with van der Waals surface area (Å²) in [6, 6.07) is 19.9. The third-order valence-corrected chi connectivity index (χ3v) is 14.0. The van der Waals surface area contributed by atoms with E-state index in [1.165, 1.54) is 43.8 Å². The van der Waals surface area contributed by atoms with E-state index in [1.807, 2.05) is 20.9 Å². The Kier molecular flexibility index (Phi) is 17.5. The lowest BCUT2D eigenvalue weighted by Gasteiger charge is -2.39. The second-order valence-electron chi connectivity index (χ2n) is 13.9. The number of esters is 2. The summed E-state index contributed by atoms with van der Waals surface area (Å²) in [5, 5.41) is 4.12. The summed E-state index contributed by atoms with van der Waals surface area (Å²) >= 11 is 12.2. The summed E-state index contributed by atoms with van der Waals surface area (Å²) < 4.78 is 68.9. The average Bonchev–Trinajstić information content (AvgIpc) is 3.22. The van der Waals surface area contributed by atoms with Crippen LogP contribution in [0.1, 0.15) is 46.0 Å². The van der Waals surface area contributed by atoms with Crippen molar-refractivity contribution in [2.75, 3.05) is 69.1 Å². The maximum atomic E-state index is 13.6. The van der Waals surface area contributed by atoms with Gasteiger partial charge in [0.2, 0.25) is 0 Å². The number of ether oxygens (including phenoxy) is 2. The smallest absolute Gasteiger partial charge is 0.339 e. The molecule has 0 radical (unpaired) electrons. The summed E-state index contributed by atoms with van der Waals surface area (Å²) in [5.74, 6) is -1.00. The van der Waals surface area contributed by atoms with Crippen LogP contribution < -0.4 is 13.9 Å². The number of methoxy groups -OCH3 is 2. The average molecular weight is 928 g/mol. The second kappa shape index (κ2) is 21.6. The van der Waals surface area contributed by atoms with Gasteiger partial charge in [-0.05, 0) is 81.6 Å². The number of benzene rings is 2. The van der Waals surface area contributed by atoms with Gasteiger partial charge >= 0.3 is 32.4 Å². The zero-order valence-electron chi connectivity index (χ0n) is 33.8. The molecule has 1 N–H and O–H groups in total. The standard InChI is InChI=1S/C20H25ClN4O4S.C19H23ClN4O4S.ClH/c1-15-13-24(10-9-23(15)2)30(27,28)25(19-6-4-5-17(21)11-19)14-18-8-7-16(12-22-18)20(26)29-3;1-14-12-23(9-8-21-14)29(26,27)24(18-5-3-4-16(20)10-18)13-17-7-6-15(11-22-17)19(25)28-2;/h4-8,11-12,15H,9-10,13-14H2,1-3H3;3-7,10-11,14,21H,8-9,12-13H2,1-2H3;1H/t15-;14-;/m11./s1. The molecule has 21 heteroatoms. The molecule has 0 spiro atoms. The first-order valence-corrected chi connectivity index (χ1v) is 22.1. The summed E-state index contributed by atoms with van der Waals surface area (Å²) in [6.45, 7) is 6.71. The fourth-order valence-corrected chi connectivity index (χ4v) is 10.0. The zero-order chi connectivity index (χ0) is 42.9. The third-order valence-electron chi connectivity index (χ3n) is 9.76. The van der Waals surface area contributed by atoms with Gasteiger partial charge < -0.3 is 19.7 Å². The number of halogens is 3. The van der Waals surface area contributed by atoms with Gasteiger partial charge in [-0.15, -0.1) is 12.4 Å². The van der Waals surface area contributed by atoms with E-state index in [0.717, 1.165) is 0 Å². The van der Waals surface area contributed by atoms with Gasteiger partial charge in [-0.3, -0.25) is 18.6 Å². The molecule has 326 valence electrons. The van der Waals surface area contributed by atoms with E-state index in [2.05, 4.69) is 29.7 Å². The fraction of sp³-hybridized carbons (Fsp3) is 0.385. The number of carbonyl (C=O) groups is 2. The van der Waals surface area contributed by atoms with E-state index in [1.54, 1.807) is 72.8 Å². The maximum absolute atomic E-state index is 13.6. The first-order valence-electron chi connectivity index (χ1n) is 18.6. The lowest BCUT2D eigenvalue weighted by Crippen LogP contribution is -2.55. The molecular weight excluding hydrogens is 879 g/mol. The Morgan fingerprint density at radius 2 is 1.20 bits per heavy atom. The molecule has 0 saturated carbocycles. The number of hydrogen-bond donors (Lipinski definition) is 1. The summed E-state index contributed by atoms with van der Waals surface area (Å²) in [5.41, 5.74) is 2.48. The Balaban J connectivity index is 0.000000260.